The van der Waals surface area contributed by atoms with Gasteiger partial charge in [0.05, 0.1) is 16.9 Å². The van der Waals surface area contributed by atoms with Crippen LogP contribution in [-0.2, 0) is 12.8 Å². The van der Waals surface area contributed by atoms with Gasteiger partial charge in [-0.1, -0.05) is 36.4 Å². The average Bonchev–Trinajstić information content (AvgIpc) is 3.48. The van der Waals surface area contributed by atoms with Crippen molar-refractivity contribution >= 4 is 27.3 Å². The standard InChI is InChI=1S/C27H16N4/c1-2-4-17-15(3-1)11-20-18(17)6-5-16-12-24-26(25(16)20)30-27-22-14-28-9-7-19(22)21-13-29-10-8-23(21)31(24)27/h1-10,13-14H,11-12H2. The van der Waals surface area contributed by atoms with E-state index in [1.807, 2.05) is 24.8 Å². The fourth-order valence-electron chi connectivity index (χ4n) is 5.74. The SMILES string of the molecule is c1ccc2c(c1)Cc1c-2ccc2c1-c1nc3c4cnccc4c4cnccc4n3c1C2. The van der Waals surface area contributed by atoms with Crippen LogP contribution in [0.3, 0.4) is 0 Å². The monoisotopic (exact) mass is 396 g/mol. The van der Waals surface area contributed by atoms with Crippen LogP contribution >= 0.6 is 0 Å². The lowest BCUT2D eigenvalue weighted by Crippen LogP contribution is -1.97. The Labute approximate surface area is 177 Å². The molecule has 4 nitrogen and oxygen atoms in total. The van der Waals surface area contributed by atoms with Gasteiger partial charge in [-0.15, -0.1) is 0 Å². The molecule has 0 bridgehead atoms. The van der Waals surface area contributed by atoms with Crippen molar-refractivity contribution < 1.29 is 0 Å². The number of imidazole rings is 1. The van der Waals surface area contributed by atoms with E-state index in [1.165, 1.54) is 39.1 Å². The first-order valence-corrected chi connectivity index (χ1v) is 10.6. The zero-order valence-corrected chi connectivity index (χ0v) is 16.6. The summed E-state index contributed by atoms with van der Waals surface area (Å²) < 4.78 is 2.34. The number of rotatable bonds is 0. The van der Waals surface area contributed by atoms with Crippen LogP contribution in [0.2, 0.25) is 0 Å². The second-order valence-electron chi connectivity index (χ2n) is 8.52. The highest BCUT2D eigenvalue weighted by Crippen LogP contribution is 2.48. The van der Waals surface area contributed by atoms with Crippen LogP contribution in [0, 0.1) is 0 Å². The summed E-state index contributed by atoms with van der Waals surface area (Å²) in [4.78, 5) is 14.1. The molecule has 2 aliphatic carbocycles. The molecule has 0 unspecified atom stereocenters. The predicted octanol–water partition coefficient (Wildman–Crippen LogP) is 5.57. The molecule has 4 aromatic heterocycles. The molecule has 0 aliphatic heterocycles. The van der Waals surface area contributed by atoms with E-state index < -0.39 is 0 Å². The summed E-state index contributed by atoms with van der Waals surface area (Å²) in [7, 11) is 0. The van der Waals surface area contributed by atoms with E-state index in [4.69, 9.17) is 4.98 Å². The van der Waals surface area contributed by atoms with Gasteiger partial charge in [0.25, 0.3) is 0 Å². The smallest absolute Gasteiger partial charge is 0.147 e. The molecule has 4 heteroatoms. The summed E-state index contributed by atoms with van der Waals surface area (Å²) >= 11 is 0. The van der Waals surface area contributed by atoms with Crippen LogP contribution in [-0.4, -0.2) is 19.4 Å². The van der Waals surface area contributed by atoms with Gasteiger partial charge in [-0.05, 0) is 51.8 Å². The Morgan fingerprint density at radius 3 is 2.55 bits per heavy atom. The third-order valence-corrected chi connectivity index (χ3v) is 7.03. The van der Waals surface area contributed by atoms with Crippen molar-refractivity contribution in [3.05, 3.63) is 95.7 Å². The second kappa shape index (κ2) is 5.35. The molecule has 2 aromatic carbocycles. The highest BCUT2D eigenvalue weighted by Gasteiger charge is 2.32. The van der Waals surface area contributed by atoms with E-state index in [1.54, 1.807) is 0 Å². The first-order chi connectivity index (χ1) is 15.4. The lowest BCUT2D eigenvalue weighted by Gasteiger charge is -2.10. The Bertz CT molecular complexity index is 1740. The van der Waals surface area contributed by atoms with Crippen molar-refractivity contribution in [2.45, 2.75) is 12.8 Å². The third kappa shape index (κ3) is 1.84. The quantitative estimate of drug-likeness (QED) is 0.315. The Morgan fingerprint density at radius 2 is 1.58 bits per heavy atom. The predicted molar refractivity (Wildman–Crippen MR) is 122 cm³/mol. The molecule has 144 valence electrons. The maximum Gasteiger partial charge on any atom is 0.147 e. The number of nitrogens with zero attached hydrogens (tertiary/aromatic N) is 4. The molecule has 4 heterocycles. The summed E-state index contributed by atoms with van der Waals surface area (Å²) in [6.07, 6.45) is 9.50. The molecule has 0 spiro atoms. The van der Waals surface area contributed by atoms with Crippen molar-refractivity contribution in [2.24, 2.45) is 0 Å². The maximum atomic E-state index is 5.26. The highest BCUT2D eigenvalue weighted by atomic mass is 15.0. The average molecular weight is 396 g/mol. The van der Waals surface area contributed by atoms with Crippen molar-refractivity contribution in [3.63, 3.8) is 0 Å². The third-order valence-electron chi connectivity index (χ3n) is 7.03. The van der Waals surface area contributed by atoms with Crippen LogP contribution in [0.5, 0.6) is 0 Å². The van der Waals surface area contributed by atoms with Crippen molar-refractivity contribution in [1.82, 2.24) is 19.4 Å². The minimum absolute atomic E-state index is 0.901. The van der Waals surface area contributed by atoms with Crippen molar-refractivity contribution in [2.75, 3.05) is 0 Å². The fourth-order valence-corrected chi connectivity index (χ4v) is 5.74. The molecule has 0 amide bonds. The van der Waals surface area contributed by atoms with Gasteiger partial charge in [0.2, 0.25) is 0 Å². The molecule has 0 atom stereocenters. The van der Waals surface area contributed by atoms with Crippen LogP contribution in [0.1, 0.15) is 22.4 Å². The number of fused-ring (bicyclic) bond motifs is 14. The lowest BCUT2D eigenvalue weighted by atomic mass is 9.97. The van der Waals surface area contributed by atoms with Crippen LogP contribution in [0.15, 0.2) is 73.3 Å². The van der Waals surface area contributed by atoms with Crippen LogP contribution in [0.25, 0.3) is 49.7 Å². The maximum absolute atomic E-state index is 5.26. The minimum Gasteiger partial charge on any atom is -0.295 e. The summed E-state index contributed by atoms with van der Waals surface area (Å²) in [6.45, 7) is 0. The van der Waals surface area contributed by atoms with Gasteiger partial charge in [-0.25, -0.2) is 4.98 Å². The number of pyridine rings is 3. The molecule has 0 fully saturated rings. The largest absolute Gasteiger partial charge is 0.295 e. The number of benzene rings is 2. The Kier molecular flexibility index (Phi) is 2.72. The molecule has 0 saturated carbocycles. The summed E-state index contributed by atoms with van der Waals surface area (Å²) in [5.41, 5.74) is 12.8. The first-order valence-electron chi connectivity index (χ1n) is 10.6. The molecule has 8 rings (SSSR count). The topological polar surface area (TPSA) is 43.1 Å². The normalized spacial score (nSPS) is 13.5. The molecule has 0 N–H and O–H groups in total. The number of hydrogen-bond donors (Lipinski definition) is 0. The fraction of sp³-hybridized carbons (Fsp3) is 0.0741. The Balaban J connectivity index is 1.52. The van der Waals surface area contributed by atoms with Gasteiger partial charge in [-0.3, -0.25) is 14.4 Å². The Hall–Kier alpha value is -4.05. The second-order valence-corrected chi connectivity index (χ2v) is 8.52. The van der Waals surface area contributed by atoms with Gasteiger partial charge < -0.3 is 0 Å². The van der Waals surface area contributed by atoms with Crippen molar-refractivity contribution in [1.29, 1.82) is 0 Å². The molecular formula is C27H16N4. The van der Waals surface area contributed by atoms with Gasteiger partial charge in [0.15, 0.2) is 0 Å². The lowest BCUT2D eigenvalue weighted by molar-refractivity contribution is 1.09. The van der Waals surface area contributed by atoms with Crippen LogP contribution in [0.4, 0.5) is 0 Å². The highest BCUT2D eigenvalue weighted by molar-refractivity contribution is 6.11. The summed E-state index contributed by atoms with van der Waals surface area (Å²) in [5.74, 6) is 0. The number of hydrogen-bond acceptors (Lipinski definition) is 3. The van der Waals surface area contributed by atoms with E-state index in [2.05, 4.69) is 62.9 Å². The zero-order chi connectivity index (χ0) is 20.1. The molecule has 0 saturated heterocycles. The minimum atomic E-state index is 0.901. The molecule has 0 radical (unpaired) electrons. The van der Waals surface area contributed by atoms with E-state index in [0.717, 1.165) is 45.9 Å². The summed E-state index contributed by atoms with van der Waals surface area (Å²) in [6, 6.07) is 17.6. The Morgan fingerprint density at radius 1 is 0.710 bits per heavy atom. The van der Waals surface area contributed by atoms with Crippen molar-refractivity contribution in [3.8, 4) is 22.4 Å². The van der Waals surface area contributed by atoms with Gasteiger partial charge in [-0.2, -0.15) is 0 Å². The first kappa shape index (κ1) is 15.7. The molecule has 31 heavy (non-hydrogen) atoms. The van der Waals surface area contributed by atoms with Gasteiger partial charge >= 0.3 is 0 Å². The van der Waals surface area contributed by atoms with E-state index in [9.17, 15) is 0 Å². The zero-order valence-electron chi connectivity index (χ0n) is 16.6. The van der Waals surface area contributed by atoms with Crippen LogP contribution < -0.4 is 0 Å². The molecule has 2 aliphatic rings. The van der Waals surface area contributed by atoms with E-state index in [0.29, 0.717) is 0 Å². The van der Waals surface area contributed by atoms with Gasteiger partial charge in [0.1, 0.15) is 5.65 Å². The number of aromatic nitrogens is 4. The molecule has 6 aromatic rings. The molecular weight excluding hydrogens is 380 g/mol. The van der Waals surface area contributed by atoms with Gasteiger partial charge in [0, 0.05) is 47.5 Å². The van der Waals surface area contributed by atoms with E-state index >= 15 is 0 Å². The summed E-state index contributed by atoms with van der Waals surface area (Å²) in [5, 5.41) is 3.37. The van der Waals surface area contributed by atoms with E-state index in [-0.39, 0.29) is 0 Å².